The van der Waals surface area contributed by atoms with Crippen molar-refractivity contribution in [3.63, 3.8) is 0 Å². The van der Waals surface area contributed by atoms with Gasteiger partial charge in [-0.15, -0.1) is 0 Å². The van der Waals surface area contributed by atoms with Gasteiger partial charge in [0.05, 0.1) is 4.92 Å². The van der Waals surface area contributed by atoms with Crippen molar-refractivity contribution < 1.29 is 18.8 Å². The van der Waals surface area contributed by atoms with E-state index < -0.39 is 18.7 Å². The molecule has 0 spiro atoms. The molecule has 1 aromatic rings. The van der Waals surface area contributed by atoms with Crippen molar-refractivity contribution in [3.05, 3.63) is 39.9 Å². The van der Waals surface area contributed by atoms with Crippen LogP contribution < -0.4 is 5.32 Å². The Morgan fingerprint density at radius 2 is 1.65 bits per heavy atom. The van der Waals surface area contributed by atoms with E-state index >= 15 is 0 Å². The van der Waals surface area contributed by atoms with Gasteiger partial charge in [-0.3, -0.25) is 10.1 Å². The lowest BCUT2D eigenvalue weighted by molar-refractivity contribution is -0.384. The highest BCUT2D eigenvalue weighted by molar-refractivity contribution is 7.55. The van der Waals surface area contributed by atoms with Crippen molar-refractivity contribution >= 4 is 19.5 Å². The minimum absolute atomic E-state index is 0.0200. The molecule has 26 heavy (non-hydrogen) atoms. The second-order valence-electron chi connectivity index (χ2n) is 7.89. The summed E-state index contributed by atoms with van der Waals surface area (Å²) in [5.74, 6) is 0. The maximum Gasteiger partial charge on any atom is 0.414 e. The molecule has 0 bridgehead atoms. The zero-order valence-corrected chi connectivity index (χ0v) is 16.2. The molecule has 1 N–H and O–H groups in total. The molecule has 2 aliphatic heterocycles. The van der Waals surface area contributed by atoms with Crippen LogP contribution in [0, 0.1) is 10.1 Å². The van der Waals surface area contributed by atoms with Gasteiger partial charge in [0.2, 0.25) is 0 Å². The fourth-order valence-electron chi connectivity index (χ4n) is 2.80. The van der Waals surface area contributed by atoms with Crippen molar-refractivity contribution in [1.82, 2.24) is 14.7 Å². The Labute approximate surface area is 152 Å². The summed E-state index contributed by atoms with van der Waals surface area (Å²) < 4.78 is 22.2. The number of nitrogens with zero attached hydrogens (tertiary/aromatic N) is 3. The van der Waals surface area contributed by atoms with Gasteiger partial charge in [-0.05, 0) is 33.3 Å². The average Bonchev–Trinajstić information content (AvgIpc) is 3.40. The normalized spacial score (nSPS) is 27.1. The molecular weight excluding hydrogens is 359 g/mol. The number of nitro groups is 1. The van der Waals surface area contributed by atoms with Crippen LogP contribution in [0.25, 0.3) is 0 Å². The molecule has 1 aromatic carbocycles. The standard InChI is InChI=1S/C16H23N4O5P/c1-15(2)10-18(15)26(24,19-11-16(19,3)4)25-14(21)17-9-12-5-7-13(8-6-12)20(22)23/h5-8H,9-11H2,1-4H3,(H,17,21). The molecule has 2 atom stereocenters. The van der Waals surface area contributed by atoms with Crippen molar-refractivity contribution in [2.45, 2.75) is 45.3 Å². The van der Waals surface area contributed by atoms with Crippen LogP contribution in [0.15, 0.2) is 24.3 Å². The molecule has 9 nitrogen and oxygen atoms in total. The lowest BCUT2D eigenvalue weighted by Crippen LogP contribution is -2.27. The quantitative estimate of drug-likeness (QED) is 0.349. The SMILES string of the molecule is CC1(C)CN1P(=O)(OC(=O)NCc1ccc([N+](=O)[O-])cc1)N1CC1(C)C. The van der Waals surface area contributed by atoms with Crippen LogP contribution in [0.4, 0.5) is 10.5 Å². The van der Waals surface area contributed by atoms with Crippen LogP contribution in [0.1, 0.15) is 33.3 Å². The van der Waals surface area contributed by atoms with Gasteiger partial charge >= 0.3 is 13.8 Å². The number of nitro benzene ring substituents is 1. The van der Waals surface area contributed by atoms with E-state index in [0.717, 1.165) is 0 Å². The fourth-order valence-corrected chi connectivity index (χ4v) is 5.96. The second-order valence-corrected chi connectivity index (χ2v) is 10.0. The number of carbonyl (C=O) groups excluding carboxylic acids is 1. The van der Waals surface area contributed by atoms with E-state index in [1.165, 1.54) is 12.1 Å². The number of amides is 1. The first-order chi connectivity index (χ1) is 12.0. The first-order valence-electron chi connectivity index (χ1n) is 8.33. The second kappa shape index (κ2) is 6.04. The first kappa shape index (κ1) is 18.8. The highest BCUT2D eigenvalue weighted by Crippen LogP contribution is 2.70. The summed E-state index contributed by atoms with van der Waals surface area (Å²) in [7, 11) is -3.42. The van der Waals surface area contributed by atoms with E-state index in [0.29, 0.717) is 18.7 Å². The van der Waals surface area contributed by atoms with Crippen LogP contribution in [-0.2, 0) is 15.6 Å². The van der Waals surface area contributed by atoms with Gasteiger partial charge in [0.15, 0.2) is 0 Å². The third kappa shape index (κ3) is 3.60. The third-order valence-electron chi connectivity index (χ3n) is 4.66. The van der Waals surface area contributed by atoms with Crippen molar-refractivity contribution in [2.24, 2.45) is 0 Å². The molecule has 3 rings (SSSR count). The minimum Gasteiger partial charge on any atom is -0.372 e. The predicted molar refractivity (Wildman–Crippen MR) is 95.6 cm³/mol. The summed E-state index contributed by atoms with van der Waals surface area (Å²) in [5, 5.41) is 13.2. The van der Waals surface area contributed by atoms with Crippen molar-refractivity contribution in [2.75, 3.05) is 13.1 Å². The first-order valence-corrected chi connectivity index (χ1v) is 9.86. The number of rotatable bonds is 6. The van der Waals surface area contributed by atoms with Crippen molar-refractivity contribution in [3.8, 4) is 0 Å². The van der Waals surface area contributed by atoms with E-state index in [-0.39, 0.29) is 23.3 Å². The van der Waals surface area contributed by atoms with E-state index in [4.69, 9.17) is 4.52 Å². The van der Waals surface area contributed by atoms with Crippen LogP contribution in [0.3, 0.4) is 0 Å². The molecule has 142 valence electrons. The van der Waals surface area contributed by atoms with E-state index in [2.05, 4.69) is 5.32 Å². The molecule has 0 aliphatic carbocycles. The van der Waals surface area contributed by atoms with Crippen LogP contribution >= 0.6 is 7.67 Å². The van der Waals surface area contributed by atoms with E-state index in [1.807, 2.05) is 27.7 Å². The highest BCUT2D eigenvalue weighted by Gasteiger charge is 2.66. The average molecular weight is 382 g/mol. The Morgan fingerprint density at radius 1 is 1.19 bits per heavy atom. The van der Waals surface area contributed by atoms with Crippen LogP contribution in [0.2, 0.25) is 0 Å². The smallest absolute Gasteiger partial charge is 0.372 e. The maximum absolute atomic E-state index is 13.4. The minimum atomic E-state index is -3.42. The summed E-state index contributed by atoms with van der Waals surface area (Å²) in [6.07, 6.45) is -0.767. The molecule has 2 heterocycles. The zero-order valence-electron chi connectivity index (χ0n) is 15.3. The van der Waals surface area contributed by atoms with Gasteiger partial charge in [-0.1, -0.05) is 12.1 Å². The van der Waals surface area contributed by atoms with E-state index in [9.17, 15) is 19.5 Å². The highest BCUT2D eigenvalue weighted by atomic mass is 31.2. The topological polar surface area (TPSA) is 105 Å². The maximum atomic E-state index is 13.4. The third-order valence-corrected chi connectivity index (χ3v) is 7.65. The molecule has 2 unspecified atom stereocenters. The van der Waals surface area contributed by atoms with Crippen LogP contribution in [0.5, 0.6) is 0 Å². The summed E-state index contributed by atoms with van der Waals surface area (Å²) >= 11 is 0. The summed E-state index contributed by atoms with van der Waals surface area (Å²) in [6.45, 7) is 9.15. The Bertz CT molecular complexity index is 766. The van der Waals surface area contributed by atoms with Gasteiger partial charge in [0.25, 0.3) is 5.69 Å². The number of carbonyl (C=O) groups is 1. The van der Waals surface area contributed by atoms with Gasteiger partial charge in [-0.2, -0.15) is 0 Å². The molecule has 10 heteroatoms. The molecule has 0 saturated carbocycles. The van der Waals surface area contributed by atoms with Gasteiger partial charge in [-0.25, -0.2) is 18.7 Å². The molecule has 2 fully saturated rings. The Morgan fingerprint density at radius 3 is 2.04 bits per heavy atom. The monoisotopic (exact) mass is 382 g/mol. The summed E-state index contributed by atoms with van der Waals surface area (Å²) in [6, 6.07) is 5.84. The van der Waals surface area contributed by atoms with Gasteiger partial charge in [0, 0.05) is 42.8 Å². The fraction of sp³-hybridized carbons (Fsp3) is 0.562. The molecule has 2 saturated heterocycles. The van der Waals surface area contributed by atoms with E-state index in [1.54, 1.807) is 21.5 Å². The lowest BCUT2D eigenvalue weighted by Gasteiger charge is -2.24. The number of hydrogen-bond acceptors (Lipinski definition) is 5. The number of non-ortho nitro benzene ring substituents is 1. The lowest BCUT2D eigenvalue weighted by atomic mass is 10.2. The zero-order chi connectivity index (χ0) is 19.3. The molecule has 1 amide bonds. The Kier molecular flexibility index (Phi) is 4.37. The number of hydrogen-bond donors (Lipinski definition) is 1. The number of nitrogens with one attached hydrogen (secondary N) is 1. The molecule has 0 radical (unpaired) electrons. The molecular formula is C16H23N4O5P. The molecule has 0 aromatic heterocycles. The summed E-state index contributed by atoms with van der Waals surface area (Å²) in [5.41, 5.74) is 0.148. The number of benzene rings is 1. The molecule has 2 aliphatic rings. The Balaban J connectivity index is 1.62. The predicted octanol–water partition coefficient (Wildman–Crippen LogP) is 3.12. The van der Waals surface area contributed by atoms with Gasteiger partial charge in [0.1, 0.15) is 0 Å². The largest absolute Gasteiger partial charge is 0.414 e. The van der Waals surface area contributed by atoms with Crippen molar-refractivity contribution in [1.29, 1.82) is 0 Å². The Hall–Kier alpha value is -1.96. The van der Waals surface area contributed by atoms with Gasteiger partial charge < -0.3 is 9.84 Å². The van der Waals surface area contributed by atoms with Crippen LogP contribution in [-0.4, -0.2) is 44.5 Å². The summed E-state index contributed by atoms with van der Waals surface area (Å²) in [4.78, 5) is 22.4.